The van der Waals surface area contributed by atoms with Gasteiger partial charge in [0.1, 0.15) is 0 Å². The third-order valence-electron chi connectivity index (χ3n) is 2.46. The number of benzene rings is 1. The highest BCUT2D eigenvalue weighted by Crippen LogP contribution is 2.12. The first-order chi connectivity index (χ1) is 7.54. The summed E-state index contributed by atoms with van der Waals surface area (Å²) in [6.07, 6.45) is 0.777. The summed E-state index contributed by atoms with van der Waals surface area (Å²) in [5.74, 6) is -1.07. The highest BCUT2D eigenvalue weighted by molar-refractivity contribution is 5.93. The molecule has 0 bridgehead atoms. The number of hydrogen-bond acceptors (Lipinski definition) is 2. The molecule has 0 aliphatic rings. The number of rotatable bonds is 4. The van der Waals surface area contributed by atoms with Crippen LogP contribution in [0.2, 0.25) is 0 Å². The first kappa shape index (κ1) is 12.2. The van der Waals surface area contributed by atoms with Gasteiger partial charge >= 0.3 is 5.97 Å². The Hall–Kier alpha value is -1.84. The van der Waals surface area contributed by atoms with Crippen LogP contribution in [0.4, 0.5) is 5.69 Å². The Kier molecular flexibility index (Phi) is 4.05. The molecule has 16 heavy (non-hydrogen) atoms. The number of amides is 1. The molecule has 2 N–H and O–H groups in total. The molecule has 0 aliphatic carbocycles. The molecule has 0 radical (unpaired) electrons. The molecule has 1 atom stereocenters. The van der Waals surface area contributed by atoms with Crippen molar-refractivity contribution in [3.05, 3.63) is 29.8 Å². The third-order valence-corrected chi connectivity index (χ3v) is 2.46. The molecule has 4 heteroatoms. The minimum absolute atomic E-state index is 0.0425. The Balaban J connectivity index is 2.69. The predicted molar refractivity (Wildman–Crippen MR) is 61.5 cm³/mol. The number of aromatic carboxylic acids is 1. The van der Waals surface area contributed by atoms with Crippen LogP contribution in [0.25, 0.3) is 0 Å². The van der Waals surface area contributed by atoms with E-state index in [-0.39, 0.29) is 17.4 Å². The number of nitrogens with one attached hydrogen (secondary N) is 1. The predicted octanol–water partition coefficient (Wildman–Crippen LogP) is 2.37. The Morgan fingerprint density at radius 3 is 2.31 bits per heavy atom. The topological polar surface area (TPSA) is 66.4 Å². The highest BCUT2D eigenvalue weighted by atomic mass is 16.4. The van der Waals surface area contributed by atoms with Gasteiger partial charge in [0.15, 0.2) is 0 Å². The molecule has 1 aromatic carbocycles. The summed E-state index contributed by atoms with van der Waals surface area (Å²) in [5, 5.41) is 11.4. The second-order valence-corrected chi connectivity index (χ2v) is 3.68. The molecule has 0 saturated carbocycles. The van der Waals surface area contributed by atoms with Crippen molar-refractivity contribution in [2.45, 2.75) is 20.3 Å². The maximum Gasteiger partial charge on any atom is 0.335 e. The van der Waals surface area contributed by atoms with Crippen LogP contribution in [-0.2, 0) is 4.79 Å². The molecule has 1 amide bonds. The van der Waals surface area contributed by atoms with E-state index in [0.29, 0.717) is 5.69 Å². The molecule has 1 rings (SSSR count). The van der Waals surface area contributed by atoms with Crippen LogP contribution in [0.5, 0.6) is 0 Å². The third kappa shape index (κ3) is 3.08. The minimum Gasteiger partial charge on any atom is -0.478 e. The van der Waals surface area contributed by atoms with Gasteiger partial charge in [0.2, 0.25) is 5.91 Å². The van der Waals surface area contributed by atoms with Gasteiger partial charge in [0, 0.05) is 11.6 Å². The molecule has 0 aromatic heterocycles. The molecule has 0 aliphatic heterocycles. The number of hydrogen-bond donors (Lipinski definition) is 2. The van der Waals surface area contributed by atoms with E-state index < -0.39 is 5.97 Å². The van der Waals surface area contributed by atoms with Crippen LogP contribution in [0.1, 0.15) is 30.6 Å². The van der Waals surface area contributed by atoms with Crippen molar-refractivity contribution in [3.8, 4) is 0 Å². The maximum atomic E-state index is 11.5. The van der Waals surface area contributed by atoms with Gasteiger partial charge in [0.05, 0.1) is 5.56 Å². The normalized spacial score (nSPS) is 11.9. The van der Waals surface area contributed by atoms with E-state index in [1.807, 2.05) is 13.8 Å². The van der Waals surface area contributed by atoms with Crippen molar-refractivity contribution in [2.24, 2.45) is 5.92 Å². The Bertz CT molecular complexity index is 384. The van der Waals surface area contributed by atoms with Gasteiger partial charge in [0.25, 0.3) is 0 Å². The summed E-state index contributed by atoms with van der Waals surface area (Å²) in [5.41, 5.74) is 0.830. The van der Waals surface area contributed by atoms with E-state index in [1.165, 1.54) is 12.1 Å². The molecule has 0 fully saturated rings. The fourth-order valence-corrected chi connectivity index (χ4v) is 1.15. The SMILES string of the molecule is CC[C@@H](C)C(=O)Nc1ccc(C(=O)O)cc1. The van der Waals surface area contributed by atoms with Gasteiger partial charge in [-0.1, -0.05) is 13.8 Å². The number of carbonyl (C=O) groups is 2. The summed E-state index contributed by atoms with van der Waals surface area (Å²) in [6.45, 7) is 3.79. The van der Waals surface area contributed by atoms with Gasteiger partial charge in [-0.05, 0) is 30.7 Å². The zero-order chi connectivity index (χ0) is 12.1. The fraction of sp³-hybridized carbons (Fsp3) is 0.333. The highest BCUT2D eigenvalue weighted by Gasteiger charge is 2.10. The van der Waals surface area contributed by atoms with Crippen molar-refractivity contribution in [1.82, 2.24) is 0 Å². The van der Waals surface area contributed by atoms with Crippen molar-refractivity contribution in [2.75, 3.05) is 5.32 Å². The molecular formula is C12H15NO3. The smallest absolute Gasteiger partial charge is 0.335 e. The molecule has 0 heterocycles. The van der Waals surface area contributed by atoms with E-state index in [9.17, 15) is 9.59 Å². The van der Waals surface area contributed by atoms with Crippen LogP contribution in [0, 0.1) is 5.92 Å². The second-order valence-electron chi connectivity index (χ2n) is 3.68. The summed E-state index contributed by atoms with van der Waals surface area (Å²) in [4.78, 5) is 22.1. The van der Waals surface area contributed by atoms with E-state index in [2.05, 4.69) is 5.32 Å². The molecule has 4 nitrogen and oxygen atoms in total. The Labute approximate surface area is 94.3 Å². The first-order valence-corrected chi connectivity index (χ1v) is 5.18. The summed E-state index contributed by atoms with van der Waals surface area (Å²) in [7, 11) is 0. The molecule has 0 saturated heterocycles. The molecule has 1 aromatic rings. The van der Waals surface area contributed by atoms with E-state index >= 15 is 0 Å². The first-order valence-electron chi connectivity index (χ1n) is 5.18. The zero-order valence-corrected chi connectivity index (χ0v) is 9.36. The van der Waals surface area contributed by atoms with Crippen LogP contribution in [-0.4, -0.2) is 17.0 Å². The van der Waals surface area contributed by atoms with Crippen molar-refractivity contribution in [1.29, 1.82) is 0 Å². The average molecular weight is 221 g/mol. The van der Waals surface area contributed by atoms with Gasteiger partial charge in [-0.15, -0.1) is 0 Å². The lowest BCUT2D eigenvalue weighted by Gasteiger charge is -2.09. The van der Waals surface area contributed by atoms with E-state index in [0.717, 1.165) is 6.42 Å². The van der Waals surface area contributed by atoms with E-state index in [1.54, 1.807) is 12.1 Å². The van der Waals surface area contributed by atoms with Gasteiger partial charge in [-0.25, -0.2) is 4.79 Å². The van der Waals surface area contributed by atoms with Gasteiger partial charge in [-0.2, -0.15) is 0 Å². The molecular weight excluding hydrogens is 206 g/mol. The van der Waals surface area contributed by atoms with Crippen molar-refractivity contribution in [3.63, 3.8) is 0 Å². The number of carboxylic acids is 1. The van der Waals surface area contributed by atoms with Crippen LogP contribution < -0.4 is 5.32 Å². The quantitative estimate of drug-likeness (QED) is 0.820. The number of anilines is 1. The number of carboxylic acid groups (broad SMARTS) is 1. The van der Waals surface area contributed by atoms with Crippen LogP contribution in [0.15, 0.2) is 24.3 Å². The average Bonchev–Trinajstić information content (AvgIpc) is 2.28. The lowest BCUT2D eigenvalue weighted by atomic mass is 10.1. The lowest BCUT2D eigenvalue weighted by molar-refractivity contribution is -0.119. The molecule has 86 valence electrons. The number of carbonyl (C=O) groups excluding carboxylic acids is 1. The summed E-state index contributed by atoms with van der Waals surface area (Å²) < 4.78 is 0. The molecule has 0 spiro atoms. The standard InChI is InChI=1S/C12H15NO3/c1-3-8(2)11(14)13-10-6-4-9(5-7-10)12(15)16/h4-8H,3H2,1-2H3,(H,13,14)(H,15,16)/t8-/m1/s1. The lowest BCUT2D eigenvalue weighted by Crippen LogP contribution is -2.19. The minimum atomic E-state index is -0.972. The van der Waals surface area contributed by atoms with Crippen molar-refractivity contribution < 1.29 is 14.7 Å². The Morgan fingerprint density at radius 2 is 1.88 bits per heavy atom. The summed E-state index contributed by atoms with van der Waals surface area (Å²) >= 11 is 0. The fourth-order valence-electron chi connectivity index (χ4n) is 1.15. The largest absolute Gasteiger partial charge is 0.478 e. The monoisotopic (exact) mass is 221 g/mol. The summed E-state index contributed by atoms with van der Waals surface area (Å²) in [6, 6.07) is 6.11. The molecule has 0 unspecified atom stereocenters. The van der Waals surface area contributed by atoms with Gasteiger partial charge in [-0.3, -0.25) is 4.79 Å². The van der Waals surface area contributed by atoms with Crippen molar-refractivity contribution >= 4 is 17.6 Å². The zero-order valence-electron chi connectivity index (χ0n) is 9.36. The van der Waals surface area contributed by atoms with Crippen LogP contribution >= 0.6 is 0 Å². The van der Waals surface area contributed by atoms with Gasteiger partial charge < -0.3 is 10.4 Å². The maximum absolute atomic E-state index is 11.5. The van der Waals surface area contributed by atoms with Crippen LogP contribution in [0.3, 0.4) is 0 Å². The van der Waals surface area contributed by atoms with E-state index in [4.69, 9.17) is 5.11 Å². The second kappa shape index (κ2) is 5.30. The Morgan fingerprint density at radius 1 is 1.31 bits per heavy atom.